The summed E-state index contributed by atoms with van der Waals surface area (Å²) < 4.78 is 23.1. The second-order valence-electron chi connectivity index (χ2n) is 20.1. The van der Waals surface area contributed by atoms with E-state index in [1.807, 2.05) is 0 Å². The van der Waals surface area contributed by atoms with Crippen molar-refractivity contribution in [1.82, 2.24) is 0 Å². The molecule has 56 heavy (non-hydrogen) atoms. The van der Waals surface area contributed by atoms with Gasteiger partial charge in [-0.05, 0) is 93.3 Å². The molecule has 0 aromatic carbocycles. The van der Waals surface area contributed by atoms with Gasteiger partial charge in [0, 0.05) is 17.3 Å². The van der Waals surface area contributed by atoms with Crippen molar-refractivity contribution in [3.63, 3.8) is 0 Å². The molecule has 2 heterocycles. The molecular formula is C42H70O14. The third-order valence-corrected chi connectivity index (χ3v) is 16.3. The van der Waals surface area contributed by atoms with E-state index in [4.69, 9.17) is 18.9 Å². The van der Waals surface area contributed by atoms with Gasteiger partial charge >= 0.3 is 0 Å². The number of rotatable bonds is 11. The maximum Gasteiger partial charge on any atom is 0.187 e. The zero-order valence-corrected chi connectivity index (χ0v) is 34.5. The maximum atomic E-state index is 14.6. The van der Waals surface area contributed by atoms with Gasteiger partial charge in [0.25, 0.3) is 0 Å². The molecule has 0 radical (unpaired) electrons. The first-order valence-corrected chi connectivity index (χ1v) is 20.9. The maximum absolute atomic E-state index is 14.6. The van der Waals surface area contributed by atoms with Crippen molar-refractivity contribution in [2.45, 2.75) is 186 Å². The second-order valence-corrected chi connectivity index (χ2v) is 20.1. The number of hydrogen-bond donors (Lipinski definition) is 9. The molecule has 0 amide bonds. The lowest BCUT2D eigenvalue weighted by Gasteiger charge is -2.64. The van der Waals surface area contributed by atoms with Crippen LogP contribution in [0.15, 0.2) is 11.6 Å². The summed E-state index contributed by atoms with van der Waals surface area (Å²) in [6, 6.07) is 0. The SMILES string of the molecule is C[C@H](CC[C@@H](O[C@@H]1O[C@H](CO[C@@H]2O[C@H](CO)[C@@H](O)[C@H](O)[C@H]2O)[C@@H](O)[C@H](O)[C@H]1O)C(C)(C)O)[C@H]1CC[C@@]2(C)[C@@H]3CC=C4[C@@H](CC[C@H](O)C4(C)C)[C@]3(C)C(=O)C[C@]12C. The van der Waals surface area contributed by atoms with Crippen molar-refractivity contribution in [2.24, 2.45) is 45.3 Å². The third kappa shape index (κ3) is 7.17. The normalized spacial score (nSPS) is 49.0. The van der Waals surface area contributed by atoms with E-state index in [-0.39, 0.29) is 39.9 Å². The predicted molar refractivity (Wildman–Crippen MR) is 201 cm³/mol. The number of aliphatic hydroxyl groups is 9. The Kier molecular flexibility index (Phi) is 12.5. The summed E-state index contributed by atoms with van der Waals surface area (Å²) in [5.41, 5.74) is -1.32. The zero-order chi connectivity index (χ0) is 41.5. The van der Waals surface area contributed by atoms with Crippen LogP contribution in [0.3, 0.4) is 0 Å². The number of Topliss-reactive ketones (excluding diaryl/α,β-unsaturated/α-hetero) is 1. The molecule has 0 unspecified atom stereocenters. The lowest BCUT2D eigenvalue weighted by molar-refractivity contribution is -0.341. The Morgan fingerprint density at radius 1 is 0.821 bits per heavy atom. The van der Waals surface area contributed by atoms with Crippen LogP contribution in [0.2, 0.25) is 0 Å². The highest BCUT2D eigenvalue weighted by molar-refractivity contribution is 5.88. The fourth-order valence-corrected chi connectivity index (χ4v) is 12.3. The average molecular weight is 799 g/mol. The van der Waals surface area contributed by atoms with Gasteiger partial charge in [0.2, 0.25) is 0 Å². The molecule has 0 bridgehead atoms. The Labute approximate surface area is 331 Å². The minimum absolute atomic E-state index is 0.0767. The van der Waals surface area contributed by atoms with Gasteiger partial charge in [0.15, 0.2) is 12.6 Å². The highest BCUT2D eigenvalue weighted by Crippen LogP contribution is 2.74. The Bertz CT molecular complexity index is 1450. The molecule has 14 heteroatoms. The summed E-state index contributed by atoms with van der Waals surface area (Å²) in [6.45, 7) is 15.4. The first-order chi connectivity index (χ1) is 25.9. The Morgan fingerprint density at radius 2 is 1.43 bits per heavy atom. The van der Waals surface area contributed by atoms with Crippen LogP contribution in [0, 0.1) is 45.3 Å². The van der Waals surface area contributed by atoms with Crippen LogP contribution in [-0.2, 0) is 23.7 Å². The first kappa shape index (κ1) is 44.4. The molecule has 14 nitrogen and oxygen atoms in total. The summed E-state index contributed by atoms with van der Waals surface area (Å²) in [6.07, 6.45) is -8.64. The van der Waals surface area contributed by atoms with Crippen molar-refractivity contribution in [3.8, 4) is 0 Å². The molecule has 19 atom stereocenters. The van der Waals surface area contributed by atoms with Gasteiger partial charge in [-0.15, -0.1) is 0 Å². The Balaban J connectivity index is 1.13. The monoisotopic (exact) mass is 798 g/mol. The molecule has 322 valence electrons. The summed E-state index contributed by atoms with van der Waals surface area (Å²) in [5, 5.41) is 94.8. The molecule has 3 saturated carbocycles. The van der Waals surface area contributed by atoms with E-state index in [0.29, 0.717) is 31.5 Å². The predicted octanol–water partition coefficient (Wildman–Crippen LogP) is 1.33. The van der Waals surface area contributed by atoms with E-state index in [1.54, 1.807) is 13.8 Å². The van der Waals surface area contributed by atoms with E-state index in [0.717, 1.165) is 25.7 Å². The van der Waals surface area contributed by atoms with Gasteiger partial charge in [-0.2, -0.15) is 0 Å². The zero-order valence-electron chi connectivity index (χ0n) is 34.5. The largest absolute Gasteiger partial charge is 0.394 e. The quantitative estimate of drug-likeness (QED) is 0.134. The molecule has 4 aliphatic carbocycles. The summed E-state index contributed by atoms with van der Waals surface area (Å²) in [5.74, 6) is 1.03. The lowest BCUT2D eigenvalue weighted by atomic mass is 9.38. The van der Waals surface area contributed by atoms with Gasteiger partial charge in [0.05, 0.1) is 31.0 Å². The van der Waals surface area contributed by atoms with E-state index in [1.165, 1.54) is 5.57 Å². The molecular weight excluding hydrogens is 728 g/mol. The fourth-order valence-electron chi connectivity index (χ4n) is 12.3. The van der Waals surface area contributed by atoms with Gasteiger partial charge < -0.3 is 64.9 Å². The minimum atomic E-state index is -1.72. The molecule has 9 N–H and O–H groups in total. The summed E-state index contributed by atoms with van der Waals surface area (Å²) >= 11 is 0. The molecule has 6 aliphatic rings. The van der Waals surface area contributed by atoms with Crippen LogP contribution in [0.1, 0.15) is 107 Å². The first-order valence-electron chi connectivity index (χ1n) is 20.9. The van der Waals surface area contributed by atoms with Crippen LogP contribution in [0.4, 0.5) is 0 Å². The van der Waals surface area contributed by atoms with E-state index >= 15 is 0 Å². The third-order valence-electron chi connectivity index (χ3n) is 16.3. The summed E-state index contributed by atoms with van der Waals surface area (Å²) in [4.78, 5) is 14.6. The van der Waals surface area contributed by atoms with E-state index in [2.05, 4.69) is 47.6 Å². The number of carbonyl (C=O) groups excluding carboxylic acids is 1. The van der Waals surface area contributed by atoms with Crippen molar-refractivity contribution in [3.05, 3.63) is 11.6 Å². The van der Waals surface area contributed by atoms with Crippen LogP contribution < -0.4 is 0 Å². The summed E-state index contributed by atoms with van der Waals surface area (Å²) in [7, 11) is 0. The lowest BCUT2D eigenvalue weighted by Crippen LogP contribution is -2.63. The number of fused-ring (bicyclic) bond motifs is 5. The highest BCUT2D eigenvalue weighted by atomic mass is 16.7. The Hall–Kier alpha value is -1.11. The molecule has 0 spiro atoms. The molecule has 2 saturated heterocycles. The molecule has 2 aliphatic heterocycles. The molecule has 0 aromatic rings. The Morgan fingerprint density at radius 3 is 2.05 bits per heavy atom. The fraction of sp³-hybridized carbons (Fsp3) is 0.929. The van der Waals surface area contributed by atoms with Crippen molar-refractivity contribution < 1.29 is 69.7 Å². The smallest absolute Gasteiger partial charge is 0.187 e. The van der Waals surface area contributed by atoms with Crippen molar-refractivity contribution >= 4 is 5.78 Å². The van der Waals surface area contributed by atoms with Crippen molar-refractivity contribution in [2.75, 3.05) is 13.2 Å². The minimum Gasteiger partial charge on any atom is -0.394 e. The van der Waals surface area contributed by atoms with Crippen LogP contribution in [0.25, 0.3) is 0 Å². The van der Waals surface area contributed by atoms with Crippen LogP contribution in [-0.4, -0.2) is 144 Å². The highest BCUT2D eigenvalue weighted by Gasteiger charge is 2.70. The number of hydrogen-bond acceptors (Lipinski definition) is 14. The van der Waals surface area contributed by atoms with Crippen LogP contribution in [0.5, 0.6) is 0 Å². The van der Waals surface area contributed by atoms with E-state index in [9.17, 15) is 50.8 Å². The number of allylic oxidation sites excluding steroid dienone is 1. The van der Waals surface area contributed by atoms with E-state index < -0.39 is 97.8 Å². The van der Waals surface area contributed by atoms with Gasteiger partial charge in [-0.25, -0.2) is 0 Å². The van der Waals surface area contributed by atoms with Gasteiger partial charge in [0.1, 0.15) is 54.6 Å². The van der Waals surface area contributed by atoms with Gasteiger partial charge in [-0.3, -0.25) is 4.79 Å². The number of ketones is 1. The average Bonchev–Trinajstić information content (AvgIpc) is 3.40. The number of carbonyl (C=O) groups is 1. The van der Waals surface area contributed by atoms with Crippen molar-refractivity contribution in [1.29, 1.82) is 0 Å². The molecule has 5 fully saturated rings. The molecule has 0 aromatic heterocycles. The van der Waals surface area contributed by atoms with Crippen LogP contribution >= 0.6 is 0 Å². The van der Waals surface area contributed by atoms with Gasteiger partial charge in [-0.1, -0.05) is 53.2 Å². The standard InChI is InChI=1S/C42H70O14/c1-20(21-15-16-40(6)26-12-10-22-23(11-13-27(44)38(22,2)3)42(26,8)28(45)17-41(21,40)7)9-14-29(39(4,5)52)56-37-35(51)33(49)31(47)25(55-37)19-53-36-34(50)32(48)30(46)24(18-43)54-36/h10,20-21,23-27,29-37,43-44,46-52H,9,11-19H2,1-8H3/t20-,21-,23-,24-,25-,26+,27+,29-,30-,31-,32+,33+,34-,35-,36-,37+,40+,41-,42+/m1/s1. The second kappa shape index (κ2) is 15.7. The number of ether oxygens (including phenoxy) is 4. The number of aliphatic hydroxyl groups excluding tert-OH is 8. The topological polar surface area (TPSA) is 236 Å². The molecule has 6 rings (SSSR count).